The van der Waals surface area contributed by atoms with Crippen molar-refractivity contribution in [1.29, 1.82) is 0 Å². The van der Waals surface area contributed by atoms with Crippen LogP contribution in [0.2, 0.25) is 12.1 Å². The Balaban J connectivity index is 4.33. The van der Waals surface area contributed by atoms with Crippen molar-refractivity contribution in [2.45, 2.75) is 38.1 Å². The molecule has 0 aromatic heterocycles. The summed E-state index contributed by atoms with van der Waals surface area (Å²) in [6, 6.07) is 1.44. The maximum absolute atomic E-state index is 11.2. The fourth-order valence-electron chi connectivity index (χ4n) is 2.13. The highest BCUT2D eigenvalue weighted by Crippen LogP contribution is 2.17. The second kappa shape index (κ2) is 13.0. The van der Waals surface area contributed by atoms with Gasteiger partial charge in [0.25, 0.3) is 0 Å². The van der Waals surface area contributed by atoms with Gasteiger partial charge in [-0.15, -0.1) is 0 Å². The van der Waals surface area contributed by atoms with E-state index in [4.69, 9.17) is 26.9 Å². The molecular weight excluding hydrogens is 338 g/mol. The van der Waals surface area contributed by atoms with Gasteiger partial charge < -0.3 is 26.9 Å². The summed E-state index contributed by atoms with van der Waals surface area (Å²) in [5.41, 5.74) is 0. The maximum atomic E-state index is 11.2. The van der Waals surface area contributed by atoms with Gasteiger partial charge in [0.2, 0.25) is 0 Å². The van der Waals surface area contributed by atoms with E-state index in [2.05, 4.69) is 5.32 Å². The van der Waals surface area contributed by atoms with Gasteiger partial charge in [-0.3, -0.25) is 10.1 Å². The van der Waals surface area contributed by atoms with E-state index in [9.17, 15) is 4.79 Å². The van der Waals surface area contributed by atoms with E-state index in [0.29, 0.717) is 19.0 Å². The molecule has 0 aromatic carbocycles. The molecule has 8 nitrogen and oxygen atoms in total. The maximum Gasteiger partial charge on any atom is 0.500 e. The summed E-state index contributed by atoms with van der Waals surface area (Å²) in [6.07, 6.45) is 1.04. The lowest BCUT2D eigenvalue weighted by atomic mass is 10.4. The lowest BCUT2D eigenvalue weighted by Gasteiger charge is -2.26. The Morgan fingerprint density at radius 2 is 1.65 bits per heavy atom. The molecule has 0 heterocycles. The molecule has 0 aromatic rings. The lowest BCUT2D eigenvalue weighted by molar-refractivity contribution is -0.148. The average Bonchev–Trinajstić information content (AvgIpc) is 2.56. The smallest absolute Gasteiger partial charge is 0.447 e. The van der Waals surface area contributed by atoms with Gasteiger partial charge >= 0.3 is 24.1 Å². The Labute approximate surface area is 141 Å². The van der Waals surface area contributed by atoms with Crippen LogP contribution in [0.1, 0.15) is 19.8 Å². The normalized spacial score (nSPS) is 13.3. The molecule has 0 spiro atoms. The highest BCUT2D eigenvalue weighted by atomic mass is 28.4. The van der Waals surface area contributed by atoms with E-state index < -0.39 is 24.3 Å². The molecular formula is C13H31NO7Si2. The van der Waals surface area contributed by atoms with Gasteiger partial charge in [-0.25, -0.2) is 0 Å². The van der Waals surface area contributed by atoms with Crippen LogP contribution >= 0.6 is 0 Å². The van der Waals surface area contributed by atoms with Crippen molar-refractivity contribution >= 4 is 24.1 Å². The third-order valence-electron chi connectivity index (χ3n) is 3.47. The predicted octanol–water partition coefficient (Wildman–Crippen LogP) is 0.637. The van der Waals surface area contributed by atoms with Gasteiger partial charge in [0.15, 0.2) is 6.23 Å². The molecule has 23 heavy (non-hydrogen) atoms. The zero-order chi connectivity index (χ0) is 17.7. The van der Waals surface area contributed by atoms with E-state index in [0.717, 1.165) is 12.5 Å². The third-order valence-corrected chi connectivity index (χ3v) is 8.17. The molecule has 0 saturated heterocycles. The zero-order valence-corrected chi connectivity index (χ0v) is 17.2. The van der Waals surface area contributed by atoms with Gasteiger partial charge in [0.1, 0.15) is 0 Å². The second-order valence-corrected chi connectivity index (χ2v) is 10.4. The summed E-state index contributed by atoms with van der Waals surface area (Å²) in [5, 5.41) is 3.22. The van der Waals surface area contributed by atoms with Crippen molar-refractivity contribution in [3.63, 3.8) is 0 Å². The monoisotopic (exact) mass is 369 g/mol. The zero-order valence-electron chi connectivity index (χ0n) is 15.0. The van der Waals surface area contributed by atoms with Gasteiger partial charge in [0.05, 0.1) is 0 Å². The van der Waals surface area contributed by atoms with Crippen LogP contribution < -0.4 is 5.32 Å². The van der Waals surface area contributed by atoms with Gasteiger partial charge in [-0.05, 0) is 19.0 Å². The molecule has 0 bridgehead atoms. The van der Waals surface area contributed by atoms with Crippen molar-refractivity contribution in [3.05, 3.63) is 0 Å². The SMILES string of the molecule is CO[SiH](CCCNC(CC[Si](OC)(OC)OC)OC(C)=O)OC. The van der Waals surface area contributed by atoms with Crippen molar-refractivity contribution in [3.8, 4) is 0 Å². The fourth-order valence-corrected chi connectivity index (χ4v) is 5.06. The van der Waals surface area contributed by atoms with Crippen LogP contribution in [0.15, 0.2) is 0 Å². The van der Waals surface area contributed by atoms with E-state index in [-0.39, 0.29) is 5.97 Å². The Hall–Kier alpha value is -0.336. The predicted molar refractivity (Wildman–Crippen MR) is 90.4 cm³/mol. The summed E-state index contributed by atoms with van der Waals surface area (Å²) >= 11 is 0. The number of rotatable bonds is 14. The molecule has 0 fully saturated rings. The van der Waals surface area contributed by atoms with E-state index in [1.165, 1.54) is 6.92 Å². The van der Waals surface area contributed by atoms with E-state index >= 15 is 0 Å². The third kappa shape index (κ3) is 9.52. The van der Waals surface area contributed by atoms with Gasteiger partial charge in [0, 0.05) is 54.9 Å². The van der Waals surface area contributed by atoms with Crippen LogP contribution in [0.3, 0.4) is 0 Å². The van der Waals surface area contributed by atoms with Crippen LogP contribution in [-0.2, 0) is 31.7 Å². The molecule has 1 atom stereocenters. The van der Waals surface area contributed by atoms with Crippen molar-refractivity contribution < 1.29 is 31.7 Å². The van der Waals surface area contributed by atoms with Crippen LogP contribution in [0.4, 0.5) is 0 Å². The fraction of sp³-hybridized carbons (Fsp3) is 0.923. The molecule has 1 unspecified atom stereocenters. The lowest BCUT2D eigenvalue weighted by Crippen LogP contribution is -2.45. The molecule has 10 heteroatoms. The Morgan fingerprint density at radius 3 is 2.09 bits per heavy atom. The number of hydrogen-bond donors (Lipinski definition) is 1. The Bertz CT molecular complexity index is 306. The topological polar surface area (TPSA) is 84.5 Å². The first-order chi connectivity index (χ1) is 11.0. The van der Waals surface area contributed by atoms with Crippen LogP contribution in [0, 0.1) is 0 Å². The first kappa shape index (κ1) is 22.7. The van der Waals surface area contributed by atoms with Crippen molar-refractivity contribution in [1.82, 2.24) is 5.32 Å². The largest absolute Gasteiger partial charge is 0.500 e. The van der Waals surface area contributed by atoms with Crippen LogP contribution in [0.5, 0.6) is 0 Å². The van der Waals surface area contributed by atoms with Crippen LogP contribution in [-0.4, -0.2) is 72.4 Å². The molecule has 138 valence electrons. The average molecular weight is 370 g/mol. The van der Waals surface area contributed by atoms with E-state index in [1.807, 2.05) is 0 Å². The van der Waals surface area contributed by atoms with Gasteiger partial charge in [-0.2, -0.15) is 0 Å². The number of carbonyl (C=O) groups excluding carboxylic acids is 1. The van der Waals surface area contributed by atoms with Crippen molar-refractivity contribution in [2.75, 3.05) is 42.1 Å². The van der Waals surface area contributed by atoms with E-state index in [1.54, 1.807) is 35.5 Å². The molecule has 0 aliphatic rings. The summed E-state index contributed by atoms with van der Waals surface area (Å²) in [7, 11) is 3.81. The number of hydrogen-bond acceptors (Lipinski definition) is 8. The molecule has 0 aliphatic carbocycles. The number of ether oxygens (including phenoxy) is 1. The minimum Gasteiger partial charge on any atom is -0.447 e. The first-order valence-corrected chi connectivity index (χ1v) is 11.3. The molecule has 0 radical (unpaired) electrons. The van der Waals surface area contributed by atoms with Crippen molar-refractivity contribution in [2.24, 2.45) is 0 Å². The first-order valence-electron chi connectivity index (χ1n) is 7.58. The quantitative estimate of drug-likeness (QED) is 0.207. The number of nitrogens with one attached hydrogen (secondary N) is 1. The Kier molecular flexibility index (Phi) is 12.8. The molecule has 1 N–H and O–H groups in total. The Morgan fingerprint density at radius 1 is 1.09 bits per heavy atom. The minimum atomic E-state index is -2.67. The summed E-state index contributed by atoms with van der Waals surface area (Å²) in [6.45, 7) is 2.09. The van der Waals surface area contributed by atoms with Crippen LogP contribution in [0.25, 0.3) is 0 Å². The molecule has 0 aliphatic heterocycles. The highest BCUT2D eigenvalue weighted by Gasteiger charge is 2.38. The number of carbonyl (C=O) groups is 1. The standard InChI is InChI=1S/C13H31NO7Si2/c1-12(15)21-13(8-11-23(18-4,19-5)20-6)14-9-7-10-22(16-2)17-3/h13-14,22H,7-11H2,1-6H3. The molecule has 0 rings (SSSR count). The summed E-state index contributed by atoms with van der Waals surface area (Å²) in [4.78, 5) is 11.2. The second-order valence-electron chi connectivity index (χ2n) is 4.93. The molecule has 0 amide bonds. The highest BCUT2D eigenvalue weighted by molar-refractivity contribution is 6.60. The molecule has 0 saturated carbocycles. The minimum absolute atomic E-state index is 0.331. The summed E-state index contributed by atoms with van der Waals surface area (Å²) in [5.74, 6) is -0.331. The summed E-state index contributed by atoms with van der Waals surface area (Å²) < 4.78 is 32.0. The van der Waals surface area contributed by atoms with Gasteiger partial charge in [-0.1, -0.05) is 0 Å². The number of esters is 1.